The van der Waals surface area contributed by atoms with Gasteiger partial charge >= 0.3 is 35.3 Å². The van der Waals surface area contributed by atoms with Gasteiger partial charge in [-0.1, -0.05) is 19.3 Å². The number of rotatable bonds is 1. The van der Waals surface area contributed by atoms with Crippen LogP contribution in [0.15, 0.2) is 4.99 Å². The fourth-order valence-electron chi connectivity index (χ4n) is 4.32. The molecule has 3 aliphatic heterocycles. The zero-order chi connectivity index (χ0) is 23.6. The van der Waals surface area contributed by atoms with Crippen molar-refractivity contribution in [1.82, 2.24) is 19.6 Å². The first kappa shape index (κ1) is 21.9. The highest BCUT2D eigenvalue weighted by molar-refractivity contribution is 6.36. The van der Waals surface area contributed by atoms with Crippen LogP contribution in [0.1, 0.15) is 32.1 Å². The number of barbiturate groups is 2. The molecule has 13 nitrogen and oxygen atoms in total. The Morgan fingerprint density at radius 1 is 0.719 bits per heavy atom. The van der Waals surface area contributed by atoms with Gasteiger partial charge in [-0.25, -0.2) is 14.6 Å². The summed E-state index contributed by atoms with van der Waals surface area (Å²) in [4.78, 5) is 84.1. The van der Waals surface area contributed by atoms with Crippen molar-refractivity contribution in [1.29, 1.82) is 0 Å². The lowest BCUT2D eigenvalue weighted by Gasteiger charge is -2.39. The van der Waals surface area contributed by atoms with E-state index in [1.54, 1.807) is 0 Å². The van der Waals surface area contributed by atoms with E-state index in [4.69, 9.17) is 9.47 Å². The molecule has 3 saturated heterocycles. The number of hydrogen-bond acceptors (Lipinski definition) is 9. The molecule has 1 aliphatic carbocycles. The Hall–Kier alpha value is -3.35. The van der Waals surface area contributed by atoms with E-state index in [-0.39, 0.29) is 6.04 Å². The molecule has 13 heteroatoms. The monoisotopic (exact) mass is 449 g/mol. The van der Waals surface area contributed by atoms with Gasteiger partial charge in [0, 0.05) is 28.2 Å². The van der Waals surface area contributed by atoms with Crippen molar-refractivity contribution in [2.45, 2.75) is 49.5 Å². The number of urea groups is 2. The second kappa shape index (κ2) is 7.08. The number of likely N-dealkylation sites (N-methyl/N-ethyl adjacent to an activating group) is 4. The van der Waals surface area contributed by atoms with Crippen molar-refractivity contribution in [2.24, 2.45) is 4.99 Å². The van der Waals surface area contributed by atoms with Gasteiger partial charge in [0.15, 0.2) is 0 Å². The third-order valence-corrected chi connectivity index (χ3v) is 6.24. The molecule has 0 N–H and O–H groups in total. The molecule has 0 aromatic rings. The maximum Gasteiger partial charge on any atom is 0.377 e. The molecule has 172 valence electrons. The number of hydrogen-bond donors (Lipinski definition) is 0. The molecule has 0 atom stereocenters. The third kappa shape index (κ3) is 2.63. The first-order valence-electron chi connectivity index (χ1n) is 10.2. The summed E-state index contributed by atoms with van der Waals surface area (Å²) in [6, 6.07) is -2.19. The number of carbonyl (C=O) groups is 6. The van der Waals surface area contributed by atoms with Crippen LogP contribution in [0.4, 0.5) is 9.59 Å². The van der Waals surface area contributed by atoms with Crippen molar-refractivity contribution in [3.63, 3.8) is 0 Å². The Labute approximate surface area is 182 Å². The zero-order valence-electron chi connectivity index (χ0n) is 18.1. The average molecular weight is 449 g/mol. The van der Waals surface area contributed by atoms with Crippen LogP contribution in [-0.4, -0.2) is 107 Å². The normalized spacial score (nSPS) is 27.4. The van der Waals surface area contributed by atoms with Gasteiger partial charge in [0.1, 0.15) is 0 Å². The molecule has 0 bridgehead atoms. The molecule has 3 heterocycles. The summed E-state index contributed by atoms with van der Waals surface area (Å²) < 4.78 is 11.3. The standard InChI is InChI=1S/C19H23N5O8/c1-21-12(25)18(13(26)22(2)16(21)29)11(20-10-8-6-5-7-9-10)31-19(32-18)14(27)23(3)17(30)24(4)15(19)28/h10H,5-9H2,1-4H3. The minimum Gasteiger partial charge on any atom is -0.428 e. The van der Waals surface area contributed by atoms with Crippen LogP contribution in [0.5, 0.6) is 0 Å². The van der Waals surface area contributed by atoms with E-state index in [1.807, 2.05) is 0 Å². The van der Waals surface area contributed by atoms with Gasteiger partial charge in [0.2, 0.25) is 5.90 Å². The predicted octanol–water partition coefficient (Wildman–Crippen LogP) is -0.700. The third-order valence-electron chi connectivity index (χ3n) is 6.24. The van der Waals surface area contributed by atoms with Gasteiger partial charge in [0.05, 0.1) is 6.04 Å². The lowest BCUT2D eigenvalue weighted by Crippen LogP contribution is -2.72. The minimum absolute atomic E-state index is 0.339. The maximum absolute atomic E-state index is 13.3. The highest BCUT2D eigenvalue weighted by Crippen LogP contribution is 2.42. The summed E-state index contributed by atoms with van der Waals surface area (Å²) in [7, 11) is 4.48. The molecule has 2 spiro atoms. The van der Waals surface area contributed by atoms with E-state index in [1.165, 1.54) is 0 Å². The molecule has 1 saturated carbocycles. The molecule has 0 unspecified atom stereocenters. The van der Waals surface area contributed by atoms with Crippen LogP contribution in [0.2, 0.25) is 0 Å². The Morgan fingerprint density at radius 3 is 1.62 bits per heavy atom. The number of aliphatic imine (C=N–C) groups is 1. The Kier molecular flexibility index (Phi) is 4.84. The summed E-state index contributed by atoms with van der Waals surface area (Å²) in [5.74, 6) is -8.07. The molecule has 32 heavy (non-hydrogen) atoms. The summed E-state index contributed by atoms with van der Waals surface area (Å²) in [5, 5.41) is 0. The van der Waals surface area contributed by atoms with E-state index in [2.05, 4.69) is 4.99 Å². The summed E-state index contributed by atoms with van der Waals surface area (Å²) in [6.45, 7) is 0. The first-order chi connectivity index (χ1) is 15.0. The second-order valence-corrected chi connectivity index (χ2v) is 8.25. The number of carbonyl (C=O) groups excluding carboxylic acids is 6. The zero-order valence-corrected chi connectivity index (χ0v) is 18.1. The Bertz CT molecular complexity index is 936. The molecule has 4 fully saturated rings. The Balaban J connectivity index is 1.90. The van der Waals surface area contributed by atoms with Crippen LogP contribution in [0, 0.1) is 0 Å². The smallest absolute Gasteiger partial charge is 0.377 e. The second-order valence-electron chi connectivity index (χ2n) is 8.25. The molecule has 8 amide bonds. The number of imide groups is 4. The van der Waals surface area contributed by atoms with Crippen molar-refractivity contribution in [2.75, 3.05) is 28.2 Å². The van der Waals surface area contributed by atoms with Gasteiger partial charge in [-0.3, -0.25) is 43.5 Å². The number of amides is 8. The van der Waals surface area contributed by atoms with Gasteiger partial charge in [0.25, 0.3) is 11.8 Å². The summed E-state index contributed by atoms with van der Waals surface area (Å²) in [6.07, 6.45) is 4.00. The van der Waals surface area contributed by atoms with Crippen molar-refractivity contribution in [3.8, 4) is 0 Å². The SMILES string of the molecule is CN1C(=O)N(C)C(=O)C2(OC(=NC3CCCCC3)C3(O2)C(=O)N(C)C(=O)N(C)C3=O)C1=O. The summed E-state index contributed by atoms with van der Waals surface area (Å²) in [5.41, 5.74) is -2.65. The molecular weight excluding hydrogens is 426 g/mol. The van der Waals surface area contributed by atoms with Gasteiger partial charge < -0.3 is 4.74 Å². The van der Waals surface area contributed by atoms with Crippen LogP contribution in [0.3, 0.4) is 0 Å². The lowest BCUT2D eigenvalue weighted by atomic mass is 9.94. The molecule has 4 aliphatic rings. The molecular formula is C19H23N5O8. The van der Waals surface area contributed by atoms with E-state index in [9.17, 15) is 28.8 Å². The van der Waals surface area contributed by atoms with E-state index < -0.39 is 53.0 Å². The van der Waals surface area contributed by atoms with Crippen LogP contribution in [0.25, 0.3) is 0 Å². The molecule has 0 aromatic heterocycles. The van der Waals surface area contributed by atoms with Gasteiger partial charge in [-0.05, 0) is 12.8 Å². The fourth-order valence-corrected chi connectivity index (χ4v) is 4.32. The lowest BCUT2D eigenvalue weighted by molar-refractivity contribution is -0.216. The highest BCUT2D eigenvalue weighted by atomic mass is 16.8. The number of ether oxygens (including phenoxy) is 2. The summed E-state index contributed by atoms with van der Waals surface area (Å²) >= 11 is 0. The Morgan fingerprint density at radius 2 is 1.16 bits per heavy atom. The minimum atomic E-state index is -2.81. The van der Waals surface area contributed by atoms with Crippen LogP contribution >= 0.6 is 0 Å². The van der Waals surface area contributed by atoms with Crippen molar-refractivity contribution >= 4 is 41.6 Å². The quantitative estimate of drug-likeness (QED) is 0.478. The van der Waals surface area contributed by atoms with Crippen molar-refractivity contribution in [3.05, 3.63) is 0 Å². The van der Waals surface area contributed by atoms with Crippen molar-refractivity contribution < 1.29 is 38.2 Å². The maximum atomic E-state index is 13.3. The van der Waals surface area contributed by atoms with Crippen LogP contribution < -0.4 is 0 Å². The van der Waals surface area contributed by atoms with Gasteiger partial charge in [-0.15, -0.1) is 0 Å². The number of nitrogens with zero attached hydrogens (tertiary/aromatic N) is 5. The average Bonchev–Trinajstić information content (AvgIpc) is 3.14. The molecule has 0 aromatic carbocycles. The molecule has 0 radical (unpaired) electrons. The van der Waals surface area contributed by atoms with E-state index >= 15 is 0 Å². The fraction of sp³-hybridized carbons (Fsp3) is 0.632. The molecule has 4 rings (SSSR count). The van der Waals surface area contributed by atoms with E-state index in [0.717, 1.165) is 47.5 Å². The highest BCUT2D eigenvalue weighted by Gasteiger charge is 2.77. The topological polar surface area (TPSA) is 146 Å². The predicted molar refractivity (Wildman–Crippen MR) is 104 cm³/mol. The van der Waals surface area contributed by atoms with E-state index in [0.29, 0.717) is 32.4 Å². The first-order valence-corrected chi connectivity index (χ1v) is 10.2. The van der Waals surface area contributed by atoms with Gasteiger partial charge in [-0.2, -0.15) is 0 Å². The largest absolute Gasteiger partial charge is 0.428 e. The van der Waals surface area contributed by atoms with Crippen LogP contribution in [-0.2, 0) is 28.7 Å².